The van der Waals surface area contributed by atoms with Crippen LogP contribution in [0.25, 0.3) is 10.9 Å². The Morgan fingerprint density at radius 1 is 1.35 bits per heavy atom. The monoisotopic (exact) mass is 268 g/mol. The van der Waals surface area contributed by atoms with Crippen molar-refractivity contribution in [3.05, 3.63) is 53.5 Å². The Hall–Kier alpha value is -2.07. The van der Waals surface area contributed by atoms with Crippen molar-refractivity contribution in [2.75, 3.05) is 0 Å². The highest BCUT2D eigenvalue weighted by Gasteiger charge is 2.11. The Labute approximate surface area is 118 Å². The molecule has 1 atom stereocenters. The number of hydrogen-bond donors (Lipinski definition) is 2. The topological polar surface area (TPSA) is 45.6 Å². The van der Waals surface area contributed by atoms with Crippen LogP contribution in [0.5, 0.6) is 0 Å². The van der Waals surface area contributed by atoms with E-state index in [2.05, 4.69) is 53.5 Å². The van der Waals surface area contributed by atoms with Gasteiger partial charge in [0.1, 0.15) is 0 Å². The summed E-state index contributed by atoms with van der Waals surface area (Å²) in [6, 6.07) is 8.92. The molecule has 0 aliphatic carbocycles. The maximum absolute atomic E-state index is 4.30. The molecule has 104 valence electrons. The van der Waals surface area contributed by atoms with Crippen molar-refractivity contribution in [2.24, 2.45) is 7.05 Å². The van der Waals surface area contributed by atoms with Gasteiger partial charge in [-0.15, -0.1) is 0 Å². The molecule has 1 unspecified atom stereocenters. The zero-order valence-electron chi connectivity index (χ0n) is 12.1. The van der Waals surface area contributed by atoms with Crippen molar-refractivity contribution in [1.82, 2.24) is 20.1 Å². The van der Waals surface area contributed by atoms with Crippen LogP contribution in [0.15, 0.2) is 36.7 Å². The summed E-state index contributed by atoms with van der Waals surface area (Å²) in [4.78, 5) is 3.22. The zero-order chi connectivity index (χ0) is 14.1. The van der Waals surface area contributed by atoms with E-state index in [1.165, 1.54) is 27.7 Å². The molecule has 0 fully saturated rings. The molecule has 20 heavy (non-hydrogen) atoms. The molecular weight excluding hydrogens is 248 g/mol. The van der Waals surface area contributed by atoms with E-state index < -0.39 is 0 Å². The average molecular weight is 268 g/mol. The summed E-state index contributed by atoms with van der Waals surface area (Å²) in [5.41, 5.74) is 4.96. The number of aromatic nitrogens is 3. The first-order valence-electron chi connectivity index (χ1n) is 6.93. The fourth-order valence-corrected chi connectivity index (χ4v) is 2.53. The van der Waals surface area contributed by atoms with E-state index in [0.717, 1.165) is 6.54 Å². The molecule has 0 spiro atoms. The minimum atomic E-state index is 0.297. The quantitative estimate of drug-likeness (QED) is 0.764. The molecule has 0 amide bonds. The fourth-order valence-electron chi connectivity index (χ4n) is 2.53. The number of aromatic amines is 1. The first-order valence-corrected chi connectivity index (χ1v) is 6.93. The second-order valence-electron chi connectivity index (χ2n) is 5.31. The van der Waals surface area contributed by atoms with Gasteiger partial charge in [-0.2, -0.15) is 5.10 Å². The van der Waals surface area contributed by atoms with Crippen LogP contribution in [0.1, 0.15) is 29.8 Å². The van der Waals surface area contributed by atoms with Crippen LogP contribution in [-0.2, 0) is 13.6 Å². The summed E-state index contributed by atoms with van der Waals surface area (Å²) in [5.74, 6) is 0. The predicted molar refractivity (Wildman–Crippen MR) is 81.5 cm³/mol. The average Bonchev–Trinajstić information content (AvgIpc) is 3.03. The standard InChI is InChI=1S/C16H20N4/c1-11(15-10-19-20(3)12(15)2)18-9-13-4-5-16-14(8-13)6-7-17-16/h4-8,10-11,17-18H,9H2,1-3H3. The Kier molecular flexibility index (Phi) is 3.32. The van der Waals surface area contributed by atoms with Crippen LogP contribution in [0.2, 0.25) is 0 Å². The van der Waals surface area contributed by atoms with Crippen molar-refractivity contribution >= 4 is 10.9 Å². The molecule has 4 heteroatoms. The maximum atomic E-state index is 4.30. The van der Waals surface area contributed by atoms with Crippen LogP contribution < -0.4 is 5.32 Å². The number of fused-ring (bicyclic) bond motifs is 1. The number of nitrogens with one attached hydrogen (secondary N) is 2. The minimum absolute atomic E-state index is 0.297. The molecule has 0 aliphatic rings. The van der Waals surface area contributed by atoms with Crippen molar-refractivity contribution in [3.8, 4) is 0 Å². The first-order chi connectivity index (χ1) is 9.65. The lowest BCUT2D eigenvalue weighted by Gasteiger charge is -2.13. The Morgan fingerprint density at radius 2 is 2.20 bits per heavy atom. The molecule has 0 bridgehead atoms. The summed E-state index contributed by atoms with van der Waals surface area (Å²) in [6.07, 6.45) is 3.92. The van der Waals surface area contributed by atoms with Gasteiger partial charge in [-0.1, -0.05) is 6.07 Å². The first kappa shape index (κ1) is 12.9. The third-order valence-corrected chi connectivity index (χ3v) is 3.97. The summed E-state index contributed by atoms with van der Waals surface area (Å²) in [5, 5.41) is 9.12. The van der Waals surface area contributed by atoms with E-state index in [0.29, 0.717) is 6.04 Å². The van der Waals surface area contributed by atoms with Gasteiger partial charge in [-0.05, 0) is 43.0 Å². The van der Waals surface area contributed by atoms with Crippen LogP contribution in [0.3, 0.4) is 0 Å². The van der Waals surface area contributed by atoms with Crippen molar-refractivity contribution in [2.45, 2.75) is 26.4 Å². The second kappa shape index (κ2) is 5.13. The number of aryl methyl sites for hydroxylation is 1. The molecule has 3 rings (SSSR count). The van der Waals surface area contributed by atoms with Crippen molar-refractivity contribution in [3.63, 3.8) is 0 Å². The molecule has 4 nitrogen and oxygen atoms in total. The highest BCUT2D eigenvalue weighted by molar-refractivity contribution is 5.79. The maximum Gasteiger partial charge on any atom is 0.0540 e. The van der Waals surface area contributed by atoms with Crippen LogP contribution in [-0.4, -0.2) is 14.8 Å². The van der Waals surface area contributed by atoms with Crippen LogP contribution in [0.4, 0.5) is 0 Å². The second-order valence-corrected chi connectivity index (χ2v) is 5.31. The normalized spacial score (nSPS) is 12.9. The summed E-state index contributed by atoms with van der Waals surface area (Å²) in [7, 11) is 1.98. The van der Waals surface area contributed by atoms with Gasteiger partial charge >= 0.3 is 0 Å². The lowest BCUT2D eigenvalue weighted by molar-refractivity contribution is 0.571. The summed E-state index contributed by atoms with van der Waals surface area (Å²) in [6.45, 7) is 5.14. The van der Waals surface area contributed by atoms with Gasteiger partial charge in [-0.25, -0.2) is 0 Å². The van der Waals surface area contributed by atoms with Gasteiger partial charge in [0.2, 0.25) is 0 Å². The molecule has 0 aliphatic heterocycles. The molecule has 2 aromatic heterocycles. The largest absolute Gasteiger partial charge is 0.361 e. The molecule has 0 radical (unpaired) electrons. The Morgan fingerprint density at radius 3 is 2.95 bits per heavy atom. The molecule has 2 N–H and O–H groups in total. The van der Waals surface area contributed by atoms with Gasteiger partial charge in [0.05, 0.1) is 6.20 Å². The molecule has 0 saturated carbocycles. The Balaban J connectivity index is 1.70. The molecule has 0 saturated heterocycles. The van der Waals surface area contributed by atoms with Crippen LogP contribution in [0, 0.1) is 6.92 Å². The van der Waals surface area contributed by atoms with Gasteiger partial charge in [0.15, 0.2) is 0 Å². The SMILES string of the molecule is Cc1c(C(C)NCc2ccc3[nH]ccc3c2)cnn1C. The van der Waals surface area contributed by atoms with Gasteiger partial charge in [0, 0.05) is 42.6 Å². The van der Waals surface area contributed by atoms with Crippen LogP contribution >= 0.6 is 0 Å². The highest BCUT2D eigenvalue weighted by Crippen LogP contribution is 2.18. The molecular formula is C16H20N4. The molecule has 1 aromatic carbocycles. The fraction of sp³-hybridized carbons (Fsp3) is 0.312. The van der Waals surface area contributed by atoms with Gasteiger partial charge in [-0.3, -0.25) is 4.68 Å². The Bertz CT molecular complexity index is 723. The van der Waals surface area contributed by atoms with E-state index in [1.54, 1.807) is 0 Å². The van der Waals surface area contributed by atoms with Gasteiger partial charge in [0.25, 0.3) is 0 Å². The van der Waals surface area contributed by atoms with Crippen molar-refractivity contribution in [1.29, 1.82) is 0 Å². The minimum Gasteiger partial charge on any atom is -0.361 e. The lowest BCUT2D eigenvalue weighted by Crippen LogP contribution is -2.18. The third kappa shape index (κ3) is 2.34. The van der Waals surface area contributed by atoms with Gasteiger partial charge < -0.3 is 10.3 Å². The lowest BCUT2D eigenvalue weighted by atomic mass is 10.1. The zero-order valence-corrected chi connectivity index (χ0v) is 12.1. The number of benzene rings is 1. The number of hydrogen-bond acceptors (Lipinski definition) is 2. The molecule has 3 aromatic rings. The summed E-state index contributed by atoms with van der Waals surface area (Å²) < 4.78 is 1.92. The number of H-pyrrole nitrogens is 1. The van der Waals surface area contributed by atoms with E-state index >= 15 is 0 Å². The predicted octanol–water partition coefficient (Wildman–Crippen LogP) is 3.06. The third-order valence-electron chi connectivity index (χ3n) is 3.97. The molecule has 2 heterocycles. The number of rotatable bonds is 4. The van der Waals surface area contributed by atoms with E-state index in [-0.39, 0.29) is 0 Å². The smallest absolute Gasteiger partial charge is 0.0540 e. The van der Waals surface area contributed by atoms with E-state index in [4.69, 9.17) is 0 Å². The van der Waals surface area contributed by atoms with E-state index in [9.17, 15) is 0 Å². The number of nitrogens with zero attached hydrogens (tertiary/aromatic N) is 2. The highest BCUT2D eigenvalue weighted by atomic mass is 15.3. The summed E-state index contributed by atoms with van der Waals surface area (Å²) >= 11 is 0. The van der Waals surface area contributed by atoms with Crippen molar-refractivity contribution < 1.29 is 0 Å². The van der Waals surface area contributed by atoms with E-state index in [1.807, 2.05) is 24.1 Å².